The molecule has 0 spiro atoms. The summed E-state index contributed by atoms with van der Waals surface area (Å²) >= 11 is 5.39. The zero-order chi connectivity index (χ0) is 10.7. The van der Waals surface area contributed by atoms with E-state index in [2.05, 4.69) is 11.6 Å². The highest BCUT2D eigenvalue weighted by molar-refractivity contribution is 7.89. The van der Waals surface area contributed by atoms with Crippen molar-refractivity contribution in [1.82, 2.24) is 4.72 Å². The van der Waals surface area contributed by atoms with Crippen LogP contribution in [0.4, 0.5) is 0 Å². The minimum absolute atomic E-state index is 0.0246. The third kappa shape index (κ3) is 3.75. The Kier molecular flexibility index (Phi) is 4.22. The Balaban J connectivity index is 2.33. The number of hydrogen-bond donors (Lipinski definition) is 1. The molecular weight excluding hydrogens is 222 g/mol. The molecule has 1 rings (SSSR count). The molecule has 1 aliphatic carbocycles. The molecular formula is C9H18ClNO2S. The molecule has 1 N–H and O–H groups in total. The SMILES string of the molecule is CCCC1(CNS(=O)(=O)CCCl)CC1. The van der Waals surface area contributed by atoms with Gasteiger partial charge in [0.1, 0.15) is 0 Å². The van der Waals surface area contributed by atoms with Gasteiger partial charge in [0, 0.05) is 12.4 Å². The van der Waals surface area contributed by atoms with Crippen molar-refractivity contribution in [3.05, 3.63) is 0 Å². The summed E-state index contributed by atoms with van der Waals surface area (Å²) in [4.78, 5) is 0. The Labute approximate surface area is 91.3 Å². The highest BCUT2D eigenvalue weighted by Gasteiger charge is 2.41. The number of halogens is 1. The van der Waals surface area contributed by atoms with Crippen LogP contribution in [0.2, 0.25) is 0 Å². The van der Waals surface area contributed by atoms with Crippen molar-refractivity contribution >= 4 is 21.6 Å². The van der Waals surface area contributed by atoms with Gasteiger partial charge in [-0.25, -0.2) is 13.1 Å². The van der Waals surface area contributed by atoms with Crippen LogP contribution in [0, 0.1) is 5.41 Å². The summed E-state index contributed by atoms with van der Waals surface area (Å²) in [6.07, 6.45) is 4.56. The van der Waals surface area contributed by atoms with Gasteiger partial charge in [-0.15, -0.1) is 11.6 Å². The summed E-state index contributed by atoms with van der Waals surface area (Å²) in [5, 5.41) is 0. The lowest BCUT2D eigenvalue weighted by Crippen LogP contribution is -2.32. The van der Waals surface area contributed by atoms with Crippen molar-refractivity contribution in [3.63, 3.8) is 0 Å². The lowest BCUT2D eigenvalue weighted by Gasteiger charge is -2.14. The zero-order valence-electron chi connectivity index (χ0n) is 8.55. The molecule has 0 aromatic rings. The Hall–Kier alpha value is 0.200. The Morgan fingerprint density at radius 3 is 2.50 bits per heavy atom. The van der Waals surface area contributed by atoms with E-state index in [1.54, 1.807) is 0 Å². The van der Waals surface area contributed by atoms with E-state index in [1.165, 1.54) is 0 Å². The largest absolute Gasteiger partial charge is 0.215 e. The molecule has 1 aliphatic rings. The van der Waals surface area contributed by atoms with Gasteiger partial charge in [0.05, 0.1) is 5.75 Å². The molecule has 0 amide bonds. The third-order valence-corrected chi connectivity index (χ3v) is 4.49. The lowest BCUT2D eigenvalue weighted by molar-refractivity contribution is 0.449. The standard InChI is InChI=1S/C9H18ClNO2S/c1-2-3-9(4-5-9)8-11-14(12,13)7-6-10/h11H,2-8H2,1H3. The van der Waals surface area contributed by atoms with Crippen LogP contribution >= 0.6 is 11.6 Å². The summed E-state index contributed by atoms with van der Waals surface area (Å²) in [6.45, 7) is 2.73. The van der Waals surface area contributed by atoms with Gasteiger partial charge in [0.25, 0.3) is 0 Å². The van der Waals surface area contributed by atoms with Crippen LogP contribution in [0.1, 0.15) is 32.6 Å². The minimum atomic E-state index is -3.13. The topological polar surface area (TPSA) is 46.2 Å². The molecule has 5 heteroatoms. The summed E-state index contributed by atoms with van der Waals surface area (Å²) in [7, 11) is -3.13. The first-order valence-electron chi connectivity index (χ1n) is 5.07. The van der Waals surface area contributed by atoms with Crippen molar-refractivity contribution in [2.45, 2.75) is 32.6 Å². The first-order valence-corrected chi connectivity index (χ1v) is 7.26. The van der Waals surface area contributed by atoms with Gasteiger partial charge in [0.15, 0.2) is 0 Å². The van der Waals surface area contributed by atoms with Crippen LogP contribution in [0.3, 0.4) is 0 Å². The van der Waals surface area contributed by atoms with Crippen molar-refractivity contribution < 1.29 is 8.42 Å². The number of alkyl halides is 1. The molecule has 1 fully saturated rings. The summed E-state index contributed by atoms with van der Waals surface area (Å²) in [5.74, 6) is 0.187. The second-order valence-electron chi connectivity index (χ2n) is 4.08. The van der Waals surface area contributed by atoms with Crippen molar-refractivity contribution in [2.24, 2.45) is 5.41 Å². The fourth-order valence-corrected chi connectivity index (χ4v) is 3.14. The van der Waals surface area contributed by atoms with E-state index in [-0.39, 0.29) is 17.0 Å². The van der Waals surface area contributed by atoms with E-state index < -0.39 is 10.0 Å². The fourth-order valence-electron chi connectivity index (χ4n) is 1.66. The van der Waals surface area contributed by atoms with Crippen LogP contribution in [0.5, 0.6) is 0 Å². The number of nitrogens with one attached hydrogen (secondary N) is 1. The smallest absolute Gasteiger partial charge is 0.212 e. The van der Waals surface area contributed by atoms with E-state index in [4.69, 9.17) is 11.6 Å². The normalized spacial score (nSPS) is 19.6. The van der Waals surface area contributed by atoms with E-state index in [0.717, 1.165) is 25.7 Å². The van der Waals surface area contributed by atoms with Gasteiger partial charge in [0.2, 0.25) is 10.0 Å². The van der Waals surface area contributed by atoms with E-state index >= 15 is 0 Å². The van der Waals surface area contributed by atoms with Gasteiger partial charge in [-0.1, -0.05) is 13.3 Å². The average molecular weight is 240 g/mol. The number of rotatable bonds is 7. The first kappa shape index (κ1) is 12.3. The van der Waals surface area contributed by atoms with Crippen LogP contribution in [0.15, 0.2) is 0 Å². The van der Waals surface area contributed by atoms with Gasteiger partial charge >= 0.3 is 0 Å². The monoisotopic (exact) mass is 239 g/mol. The number of hydrogen-bond acceptors (Lipinski definition) is 2. The maximum atomic E-state index is 11.3. The highest BCUT2D eigenvalue weighted by Crippen LogP contribution is 2.48. The summed E-state index contributed by atoms with van der Waals surface area (Å²) < 4.78 is 25.3. The van der Waals surface area contributed by atoms with Crippen LogP contribution < -0.4 is 4.72 Å². The summed E-state index contributed by atoms with van der Waals surface area (Å²) in [6, 6.07) is 0. The van der Waals surface area contributed by atoms with Gasteiger partial charge < -0.3 is 0 Å². The molecule has 0 atom stereocenters. The maximum Gasteiger partial charge on any atom is 0.212 e. The Morgan fingerprint density at radius 2 is 2.07 bits per heavy atom. The molecule has 0 heterocycles. The second kappa shape index (κ2) is 4.81. The van der Waals surface area contributed by atoms with E-state index in [0.29, 0.717) is 6.54 Å². The Morgan fingerprint density at radius 1 is 1.43 bits per heavy atom. The molecule has 0 bridgehead atoms. The molecule has 0 aromatic heterocycles. The van der Waals surface area contributed by atoms with Crippen LogP contribution in [0.25, 0.3) is 0 Å². The van der Waals surface area contributed by atoms with Crippen molar-refractivity contribution in [1.29, 1.82) is 0 Å². The van der Waals surface area contributed by atoms with Crippen LogP contribution in [-0.2, 0) is 10.0 Å². The number of sulfonamides is 1. The van der Waals surface area contributed by atoms with Crippen molar-refractivity contribution in [3.8, 4) is 0 Å². The molecule has 0 unspecified atom stereocenters. The van der Waals surface area contributed by atoms with Crippen molar-refractivity contribution in [2.75, 3.05) is 18.2 Å². The second-order valence-corrected chi connectivity index (χ2v) is 6.38. The molecule has 3 nitrogen and oxygen atoms in total. The predicted octanol–water partition coefficient (Wildman–Crippen LogP) is 1.72. The van der Waals surface area contributed by atoms with Gasteiger partial charge in [-0.2, -0.15) is 0 Å². The molecule has 0 aliphatic heterocycles. The van der Waals surface area contributed by atoms with Gasteiger partial charge in [-0.05, 0) is 24.7 Å². The fraction of sp³-hybridized carbons (Fsp3) is 1.00. The van der Waals surface area contributed by atoms with E-state index in [9.17, 15) is 8.42 Å². The average Bonchev–Trinajstić information content (AvgIpc) is 2.83. The molecule has 84 valence electrons. The van der Waals surface area contributed by atoms with E-state index in [1.807, 2.05) is 0 Å². The minimum Gasteiger partial charge on any atom is -0.215 e. The third-order valence-electron chi connectivity index (χ3n) is 2.75. The quantitative estimate of drug-likeness (QED) is 0.688. The van der Waals surface area contributed by atoms with Gasteiger partial charge in [-0.3, -0.25) is 0 Å². The predicted molar refractivity (Wildman–Crippen MR) is 59.1 cm³/mol. The van der Waals surface area contributed by atoms with Crippen LogP contribution in [-0.4, -0.2) is 26.6 Å². The highest BCUT2D eigenvalue weighted by atomic mass is 35.5. The lowest BCUT2D eigenvalue weighted by atomic mass is 10.0. The molecule has 0 aromatic carbocycles. The first-order chi connectivity index (χ1) is 6.54. The Bertz CT molecular complexity index is 273. The maximum absolute atomic E-state index is 11.3. The molecule has 14 heavy (non-hydrogen) atoms. The molecule has 0 saturated heterocycles. The summed E-state index contributed by atoms with van der Waals surface area (Å²) in [5.41, 5.74) is 0.272. The molecule has 0 radical (unpaired) electrons. The molecule has 1 saturated carbocycles. The zero-order valence-corrected chi connectivity index (χ0v) is 10.1.